The first-order valence-electron chi connectivity index (χ1n) is 11.1. The Hall–Kier alpha value is -3.76. The second-order valence-corrected chi connectivity index (χ2v) is 8.42. The molecular formula is C25H34N4O6. The van der Waals surface area contributed by atoms with E-state index in [1.54, 1.807) is 32.9 Å². The fourth-order valence-electron chi connectivity index (χ4n) is 2.74. The van der Waals surface area contributed by atoms with E-state index >= 15 is 0 Å². The minimum atomic E-state index is -0.983. The summed E-state index contributed by atoms with van der Waals surface area (Å²) in [5.74, 6) is -1.18. The molecule has 2 rings (SSSR count). The zero-order valence-electron chi connectivity index (χ0n) is 20.5. The van der Waals surface area contributed by atoms with Crippen molar-refractivity contribution in [3.8, 4) is 11.1 Å². The molecule has 10 heteroatoms. The van der Waals surface area contributed by atoms with E-state index in [-0.39, 0.29) is 13.1 Å². The van der Waals surface area contributed by atoms with E-state index in [2.05, 4.69) is 29.7 Å². The average Bonchev–Trinajstić information content (AvgIpc) is 2.85. The molecule has 0 saturated heterocycles. The maximum atomic E-state index is 12.1. The number of aldehydes is 1. The summed E-state index contributed by atoms with van der Waals surface area (Å²) >= 11 is 0. The number of rotatable bonds is 8. The lowest BCUT2D eigenvalue weighted by Gasteiger charge is -2.18. The molecule has 0 spiro atoms. The number of carbonyl (C=O) groups excluding carboxylic acids is 4. The van der Waals surface area contributed by atoms with Crippen molar-refractivity contribution in [3.63, 3.8) is 0 Å². The largest absolute Gasteiger partial charge is 0.444 e. The van der Waals surface area contributed by atoms with Gasteiger partial charge < -0.3 is 25.9 Å². The molecule has 0 bridgehead atoms. The molecule has 190 valence electrons. The molecule has 1 atom stereocenters. The van der Waals surface area contributed by atoms with Gasteiger partial charge in [0.25, 0.3) is 11.8 Å². The number of ether oxygens (including phenoxy) is 1. The minimum absolute atomic E-state index is 0.00505. The van der Waals surface area contributed by atoms with Crippen LogP contribution in [0.3, 0.4) is 0 Å². The molecule has 0 unspecified atom stereocenters. The number of benzene rings is 2. The van der Waals surface area contributed by atoms with Gasteiger partial charge in [-0.15, -0.1) is 0 Å². The second-order valence-electron chi connectivity index (χ2n) is 8.42. The molecule has 0 radical (unpaired) electrons. The maximum Gasteiger partial charge on any atom is 0.408 e. The summed E-state index contributed by atoms with van der Waals surface area (Å²) in [5.41, 5.74) is 10.1. The molecule has 10 nitrogen and oxygen atoms in total. The topological polar surface area (TPSA) is 160 Å². The third-order valence-electron chi connectivity index (χ3n) is 4.54. The van der Waals surface area contributed by atoms with Crippen molar-refractivity contribution >= 4 is 24.2 Å². The highest BCUT2D eigenvalue weighted by atomic mass is 16.6. The predicted octanol–water partition coefficient (Wildman–Crippen LogP) is 2.19. The molecule has 2 aromatic rings. The van der Waals surface area contributed by atoms with E-state index in [1.807, 2.05) is 24.3 Å². The third-order valence-corrected chi connectivity index (χ3v) is 4.54. The minimum Gasteiger partial charge on any atom is -0.444 e. The van der Waals surface area contributed by atoms with Crippen LogP contribution in [0.1, 0.15) is 43.6 Å². The highest BCUT2D eigenvalue weighted by molar-refractivity contribution is 5.97. The van der Waals surface area contributed by atoms with E-state index in [4.69, 9.17) is 15.7 Å². The number of amides is 3. The lowest BCUT2D eigenvalue weighted by molar-refractivity contribution is -0.130. The van der Waals surface area contributed by atoms with E-state index in [9.17, 15) is 19.2 Å². The van der Waals surface area contributed by atoms with Gasteiger partial charge >= 0.3 is 6.09 Å². The van der Waals surface area contributed by atoms with Crippen molar-refractivity contribution in [1.82, 2.24) is 16.1 Å². The highest BCUT2D eigenvalue weighted by Crippen LogP contribution is 2.20. The Morgan fingerprint density at radius 3 is 2.00 bits per heavy atom. The Bertz CT molecular complexity index is 969. The molecule has 6 N–H and O–H groups in total. The summed E-state index contributed by atoms with van der Waals surface area (Å²) in [7, 11) is 0. The SMILES string of the molecule is CC(C)(C)OC(=O)NCC=O.CCc1ccc(-c2ccc(C(=O)N[C@@H](CN)C(=O)NO)cc2)cc1. The molecular weight excluding hydrogens is 452 g/mol. The van der Waals surface area contributed by atoms with Crippen LogP contribution >= 0.6 is 0 Å². The third kappa shape index (κ3) is 10.8. The second kappa shape index (κ2) is 14.5. The van der Waals surface area contributed by atoms with E-state index < -0.39 is 29.6 Å². The summed E-state index contributed by atoms with van der Waals surface area (Å²) < 4.78 is 4.83. The molecule has 35 heavy (non-hydrogen) atoms. The highest BCUT2D eigenvalue weighted by Gasteiger charge is 2.19. The van der Waals surface area contributed by atoms with Crippen molar-refractivity contribution in [2.75, 3.05) is 13.1 Å². The summed E-state index contributed by atoms with van der Waals surface area (Å²) in [4.78, 5) is 44.0. The van der Waals surface area contributed by atoms with Gasteiger partial charge in [0.2, 0.25) is 0 Å². The van der Waals surface area contributed by atoms with Crippen molar-refractivity contribution < 1.29 is 29.1 Å². The predicted molar refractivity (Wildman–Crippen MR) is 132 cm³/mol. The van der Waals surface area contributed by atoms with Crippen LogP contribution < -0.4 is 21.8 Å². The standard InChI is InChI=1S/C18H21N3O3.C7H13NO3/c1-2-12-3-5-13(6-4-12)14-7-9-15(10-8-14)17(22)20-16(11-19)18(23)21-24;1-7(2,3)11-6(10)8-4-5-9/h3-10,16,24H,2,11,19H2,1H3,(H,20,22)(H,21,23);5H,4H2,1-3H3,(H,8,10)/t16-;/m0./s1. The number of hydroxylamine groups is 1. The molecule has 0 aromatic heterocycles. The van der Waals surface area contributed by atoms with Crippen LogP contribution in [0.4, 0.5) is 4.79 Å². The van der Waals surface area contributed by atoms with E-state index in [0.717, 1.165) is 17.5 Å². The van der Waals surface area contributed by atoms with E-state index in [0.29, 0.717) is 11.8 Å². The first kappa shape index (κ1) is 29.3. The van der Waals surface area contributed by atoms with Crippen LogP contribution in [0.2, 0.25) is 0 Å². The van der Waals surface area contributed by atoms with Crippen molar-refractivity contribution in [2.24, 2.45) is 5.73 Å². The number of hydrogen-bond acceptors (Lipinski definition) is 7. The van der Waals surface area contributed by atoms with Gasteiger partial charge in [0, 0.05) is 12.1 Å². The number of hydrogen-bond donors (Lipinski definition) is 5. The normalized spacial score (nSPS) is 11.3. The first-order chi connectivity index (χ1) is 16.5. The molecule has 3 amide bonds. The Morgan fingerprint density at radius 1 is 1.03 bits per heavy atom. The number of carbonyl (C=O) groups is 4. The average molecular weight is 487 g/mol. The van der Waals surface area contributed by atoms with Crippen LogP contribution in [0, 0.1) is 0 Å². The number of aryl methyl sites for hydroxylation is 1. The summed E-state index contributed by atoms with van der Waals surface area (Å²) in [6.07, 6.45) is 1.03. The zero-order chi connectivity index (χ0) is 26.4. The van der Waals surface area contributed by atoms with Gasteiger partial charge in [-0.3, -0.25) is 14.8 Å². The Kier molecular flexibility index (Phi) is 12.1. The quantitative estimate of drug-likeness (QED) is 0.217. The van der Waals surface area contributed by atoms with Gasteiger partial charge in [-0.2, -0.15) is 0 Å². The van der Waals surface area contributed by atoms with Gasteiger partial charge in [-0.1, -0.05) is 43.3 Å². The molecule has 2 aromatic carbocycles. The van der Waals surface area contributed by atoms with Gasteiger partial charge in [0.05, 0.1) is 6.54 Å². The molecule has 0 heterocycles. The van der Waals surface area contributed by atoms with Crippen molar-refractivity contribution in [1.29, 1.82) is 0 Å². The number of nitrogens with one attached hydrogen (secondary N) is 3. The molecule has 0 saturated carbocycles. The molecule has 0 fully saturated rings. The lowest BCUT2D eigenvalue weighted by atomic mass is 10.0. The zero-order valence-corrected chi connectivity index (χ0v) is 20.5. The van der Waals surface area contributed by atoms with E-state index in [1.165, 1.54) is 11.0 Å². The number of alkyl carbamates (subject to hydrolysis) is 1. The van der Waals surface area contributed by atoms with Gasteiger partial charge in [0.1, 0.15) is 17.9 Å². The molecule has 0 aliphatic carbocycles. The van der Waals surface area contributed by atoms with Crippen LogP contribution in [0.15, 0.2) is 48.5 Å². The summed E-state index contributed by atoms with van der Waals surface area (Å²) in [6.45, 7) is 7.26. The Labute approximate surface area is 205 Å². The van der Waals surface area contributed by atoms with Crippen molar-refractivity contribution in [3.05, 3.63) is 59.7 Å². The molecule has 0 aliphatic heterocycles. The van der Waals surface area contributed by atoms with Gasteiger partial charge in [-0.05, 0) is 56.0 Å². The Balaban J connectivity index is 0.000000471. The molecule has 0 aliphatic rings. The van der Waals surface area contributed by atoms with Gasteiger partial charge in [0.15, 0.2) is 0 Å². The van der Waals surface area contributed by atoms with Crippen LogP contribution in [-0.2, 0) is 20.7 Å². The monoisotopic (exact) mass is 486 g/mol. The first-order valence-corrected chi connectivity index (χ1v) is 11.1. The lowest BCUT2D eigenvalue weighted by Crippen LogP contribution is -2.50. The van der Waals surface area contributed by atoms with Gasteiger partial charge in [-0.25, -0.2) is 10.3 Å². The summed E-state index contributed by atoms with van der Waals surface area (Å²) in [6, 6.07) is 14.3. The van der Waals surface area contributed by atoms with Crippen molar-refractivity contribution in [2.45, 2.75) is 45.8 Å². The summed E-state index contributed by atoms with van der Waals surface area (Å²) in [5, 5.41) is 13.3. The number of nitrogens with two attached hydrogens (primary N) is 1. The fraction of sp³-hybridized carbons (Fsp3) is 0.360. The van der Waals surface area contributed by atoms with Crippen LogP contribution in [0.5, 0.6) is 0 Å². The van der Waals surface area contributed by atoms with Crippen LogP contribution in [-0.4, -0.2) is 54.1 Å². The maximum absolute atomic E-state index is 12.1. The fourth-order valence-corrected chi connectivity index (χ4v) is 2.74. The van der Waals surface area contributed by atoms with Crippen LogP contribution in [0.25, 0.3) is 11.1 Å². The smallest absolute Gasteiger partial charge is 0.408 e. The Morgan fingerprint density at radius 2 is 1.57 bits per heavy atom.